The largest absolute Gasteiger partial charge is 0.462 e. The highest BCUT2D eigenvalue weighted by atomic mass is 16.5. The molecule has 0 bridgehead atoms. The van der Waals surface area contributed by atoms with E-state index in [-0.39, 0.29) is 40.4 Å². The molecule has 4 heteroatoms. The van der Waals surface area contributed by atoms with E-state index in [1.54, 1.807) is 6.92 Å². The molecule has 0 aromatic carbocycles. The number of ether oxygens (including phenoxy) is 1. The van der Waals surface area contributed by atoms with Gasteiger partial charge in [0.1, 0.15) is 11.9 Å². The molecule has 4 rings (SSSR count). The van der Waals surface area contributed by atoms with E-state index < -0.39 is 0 Å². The fourth-order valence-corrected chi connectivity index (χ4v) is 7.46. The first-order valence-electron chi connectivity index (χ1n) is 10.7. The second-order valence-corrected chi connectivity index (χ2v) is 10.1. The van der Waals surface area contributed by atoms with E-state index in [0.717, 1.165) is 25.7 Å². The molecular formula is C24H32O4. The molecule has 7 atom stereocenters. The van der Waals surface area contributed by atoms with E-state index in [4.69, 9.17) is 4.74 Å². The van der Waals surface area contributed by atoms with Crippen LogP contribution in [0.2, 0.25) is 0 Å². The Balaban J connectivity index is 1.77. The summed E-state index contributed by atoms with van der Waals surface area (Å²) < 4.78 is 5.66. The van der Waals surface area contributed by atoms with Crippen molar-refractivity contribution < 1.29 is 19.1 Å². The highest BCUT2D eigenvalue weighted by Crippen LogP contribution is 2.66. The fraction of sp³-hybridized carbons (Fsp3) is 0.708. The molecule has 0 amide bonds. The second-order valence-electron chi connectivity index (χ2n) is 10.1. The summed E-state index contributed by atoms with van der Waals surface area (Å²) in [5.74, 6) is 1.06. The monoisotopic (exact) mass is 384 g/mol. The van der Waals surface area contributed by atoms with Crippen molar-refractivity contribution >= 4 is 17.5 Å². The van der Waals surface area contributed by atoms with Crippen molar-refractivity contribution in [1.82, 2.24) is 0 Å². The smallest absolute Gasteiger partial charge is 0.302 e. The molecule has 152 valence electrons. The predicted octanol–water partition coefficient (Wildman–Crippen LogP) is 4.43. The van der Waals surface area contributed by atoms with Gasteiger partial charge in [-0.3, -0.25) is 14.4 Å². The maximum absolute atomic E-state index is 12.6. The number of carbonyl (C=O) groups is 3. The van der Waals surface area contributed by atoms with Crippen LogP contribution in [0.3, 0.4) is 0 Å². The maximum atomic E-state index is 12.6. The summed E-state index contributed by atoms with van der Waals surface area (Å²) in [4.78, 5) is 36.4. The molecule has 2 fully saturated rings. The molecule has 4 unspecified atom stereocenters. The quantitative estimate of drug-likeness (QED) is 0.661. The van der Waals surface area contributed by atoms with Crippen molar-refractivity contribution in [3.63, 3.8) is 0 Å². The van der Waals surface area contributed by atoms with Crippen LogP contribution in [-0.4, -0.2) is 23.6 Å². The van der Waals surface area contributed by atoms with Crippen molar-refractivity contribution in [3.05, 3.63) is 23.3 Å². The van der Waals surface area contributed by atoms with Crippen molar-refractivity contribution in [3.8, 4) is 0 Å². The molecule has 0 aliphatic heterocycles. The zero-order chi connectivity index (χ0) is 20.4. The summed E-state index contributed by atoms with van der Waals surface area (Å²) in [6.07, 6.45) is 8.28. The Kier molecular flexibility index (Phi) is 4.48. The van der Waals surface area contributed by atoms with Crippen molar-refractivity contribution in [1.29, 1.82) is 0 Å². The minimum atomic E-state index is -0.310. The van der Waals surface area contributed by atoms with Gasteiger partial charge < -0.3 is 4.74 Å². The zero-order valence-corrected chi connectivity index (χ0v) is 17.7. The SMILES string of the molecule is CC(=O)O[C@@H]1C[C@H]2C3C=C(C)C4=CC(=O)CCC4(C)[C@H]3CCC2(C)C1C(C)=O. The van der Waals surface area contributed by atoms with Crippen LogP contribution in [0.15, 0.2) is 23.3 Å². The van der Waals surface area contributed by atoms with Gasteiger partial charge in [-0.25, -0.2) is 0 Å². The van der Waals surface area contributed by atoms with Gasteiger partial charge in [-0.1, -0.05) is 25.5 Å². The number of allylic oxidation sites excluding steroid dienone is 4. The van der Waals surface area contributed by atoms with Crippen molar-refractivity contribution in [2.75, 3.05) is 0 Å². The fourth-order valence-electron chi connectivity index (χ4n) is 7.46. The van der Waals surface area contributed by atoms with E-state index >= 15 is 0 Å². The van der Waals surface area contributed by atoms with Gasteiger partial charge in [0.25, 0.3) is 0 Å². The van der Waals surface area contributed by atoms with Crippen LogP contribution in [0.4, 0.5) is 0 Å². The van der Waals surface area contributed by atoms with E-state index in [1.165, 1.54) is 18.1 Å². The molecule has 4 aliphatic rings. The lowest BCUT2D eigenvalue weighted by Gasteiger charge is -2.56. The standard InChI is InChI=1S/C24H32O4/c1-13-10-17-18(23(4)8-6-16(27)11-19(13)23)7-9-24(5)20(17)12-21(28-15(3)26)22(24)14(2)25/h10-11,17-18,20-22H,6-9,12H2,1-5H3/t17?,18-,20-,21+,22?,23?,24?/m0/s1. The normalized spacial score (nSPS) is 44.6. The minimum Gasteiger partial charge on any atom is -0.462 e. The number of hydrogen-bond acceptors (Lipinski definition) is 4. The molecule has 4 nitrogen and oxygen atoms in total. The second kappa shape index (κ2) is 6.40. The van der Waals surface area contributed by atoms with Gasteiger partial charge >= 0.3 is 5.97 Å². The summed E-state index contributed by atoms with van der Waals surface area (Å²) in [5, 5.41) is 0. The van der Waals surface area contributed by atoms with Crippen molar-refractivity contribution in [2.24, 2.45) is 34.5 Å². The Hall–Kier alpha value is -1.71. The van der Waals surface area contributed by atoms with Crippen molar-refractivity contribution in [2.45, 2.75) is 72.8 Å². The lowest BCUT2D eigenvalue weighted by Crippen LogP contribution is -2.50. The van der Waals surface area contributed by atoms with Gasteiger partial charge in [-0.15, -0.1) is 0 Å². The molecule has 0 aromatic heterocycles. The lowest BCUT2D eigenvalue weighted by atomic mass is 9.47. The van der Waals surface area contributed by atoms with Crippen LogP contribution in [0.25, 0.3) is 0 Å². The third-order valence-electron chi connectivity index (χ3n) is 8.59. The van der Waals surface area contributed by atoms with Gasteiger partial charge in [0, 0.05) is 13.3 Å². The summed E-state index contributed by atoms with van der Waals surface area (Å²) in [5.41, 5.74) is 2.35. The number of fused-ring (bicyclic) bond motifs is 5. The van der Waals surface area contributed by atoms with Gasteiger partial charge in [-0.2, -0.15) is 0 Å². The summed E-state index contributed by atoms with van der Waals surface area (Å²) in [6.45, 7) is 9.80. The molecule has 4 aliphatic carbocycles. The molecular weight excluding hydrogens is 352 g/mol. The Labute approximate surface area is 167 Å². The average molecular weight is 385 g/mol. The molecule has 28 heavy (non-hydrogen) atoms. The molecule has 0 spiro atoms. The van der Waals surface area contributed by atoms with E-state index in [1.807, 2.05) is 6.08 Å². The first kappa shape index (κ1) is 19.6. The molecule has 0 radical (unpaired) electrons. The van der Waals surface area contributed by atoms with Crippen LogP contribution < -0.4 is 0 Å². The van der Waals surface area contributed by atoms with Crippen LogP contribution >= 0.6 is 0 Å². The maximum Gasteiger partial charge on any atom is 0.302 e. The molecule has 0 saturated heterocycles. The summed E-state index contributed by atoms with van der Waals surface area (Å²) in [7, 11) is 0. The number of esters is 1. The number of carbonyl (C=O) groups excluding carboxylic acids is 3. The highest BCUT2D eigenvalue weighted by Gasteiger charge is 2.62. The zero-order valence-electron chi connectivity index (χ0n) is 17.7. The van der Waals surface area contributed by atoms with E-state index in [0.29, 0.717) is 24.2 Å². The Morgan fingerprint density at radius 2 is 1.86 bits per heavy atom. The van der Waals surface area contributed by atoms with E-state index in [9.17, 15) is 14.4 Å². The van der Waals surface area contributed by atoms with Gasteiger partial charge in [0.2, 0.25) is 0 Å². The lowest BCUT2D eigenvalue weighted by molar-refractivity contribution is -0.151. The Morgan fingerprint density at radius 3 is 2.50 bits per heavy atom. The third-order valence-corrected chi connectivity index (χ3v) is 8.59. The first-order chi connectivity index (χ1) is 13.1. The number of hydrogen-bond donors (Lipinski definition) is 0. The molecule has 0 heterocycles. The van der Waals surface area contributed by atoms with Gasteiger partial charge in [0.05, 0.1) is 5.92 Å². The third kappa shape index (κ3) is 2.67. The van der Waals surface area contributed by atoms with Crippen LogP contribution in [0, 0.1) is 34.5 Å². The minimum absolute atomic E-state index is 0.0317. The first-order valence-corrected chi connectivity index (χ1v) is 10.7. The number of Topliss-reactive ketones (excluding diaryl/α,β-unsaturated/α-hetero) is 1. The number of rotatable bonds is 2. The average Bonchev–Trinajstić information content (AvgIpc) is 2.88. The Bertz CT molecular complexity index is 805. The van der Waals surface area contributed by atoms with E-state index in [2.05, 4.69) is 26.8 Å². The van der Waals surface area contributed by atoms with Crippen LogP contribution in [-0.2, 0) is 19.1 Å². The van der Waals surface area contributed by atoms with Gasteiger partial charge in [-0.05, 0) is 79.8 Å². The molecule has 0 N–H and O–H groups in total. The van der Waals surface area contributed by atoms with Gasteiger partial charge in [0.15, 0.2) is 5.78 Å². The van der Waals surface area contributed by atoms with Crippen LogP contribution in [0.5, 0.6) is 0 Å². The predicted molar refractivity (Wildman–Crippen MR) is 106 cm³/mol. The molecule has 0 aromatic rings. The van der Waals surface area contributed by atoms with Crippen LogP contribution in [0.1, 0.15) is 66.7 Å². The topological polar surface area (TPSA) is 60.4 Å². The molecule has 2 saturated carbocycles. The highest BCUT2D eigenvalue weighted by molar-refractivity contribution is 5.92. The summed E-state index contributed by atoms with van der Waals surface area (Å²) >= 11 is 0. The summed E-state index contributed by atoms with van der Waals surface area (Å²) in [6, 6.07) is 0. The number of ketones is 2. The Morgan fingerprint density at radius 1 is 1.14 bits per heavy atom.